The fraction of sp³-hybridized carbons (Fsp3) is 1.00. The molecule has 3 heteroatoms. The van der Waals surface area contributed by atoms with Crippen molar-refractivity contribution in [2.24, 2.45) is 5.73 Å². The van der Waals surface area contributed by atoms with Gasteiger partial charge in [0.05, 0.1) is 6.61 Å². The van der Waals surface area contributed by atoms with E-state index in [0.717, 1.165) is 32.5 Å². The number of nitrogens with one attached hydrogen (secondary N) is 1. The highest BCUT2D eigenvalue weighted by Gasteiger charge is 2.08. The molecule has 0 aromatic rings. The quantitative estimate of drug-likeness (QED) is 0.560. The van der Waals surface area contributed by atoms with Crippen LogP contribution >= 0.6 is 0 Å². The van der Waals surface area contributed by atoms with E-state index in [9.17, 15) is 0 Å². The average Bonchev–Trinajstić information content (AvgIpc) is 1.94. The summed E-state index contributed by atoms with van der Waals surface area (Å²) < 4.78 is 4.90. The van der Waals surface area contributed by atoms with Gasteiger partial charge in [0.2, 0.25) is 0 Å². The van der Waals surface area contributed by atoms with E-state index in [0.29, 0.717) is 0 Å². The van der Waals surface area contributed by atoms with E-state index in [4.69, 9.17) is 10.5 Å². The van der Waals surface area contributed by atoms with E-state index in [1.807, 2.05) is 0 Å². The molecule has 74 valence electrons. The van der Waals surface area contributed by atoms with Gasteiger partial charge in [-0.2, -0.15) is 0 Å². The highest BCUT2D eigenvalue weighted by molar-refractivity contribution is 4.71. The van der Waals surface area contributed by atoms with Crippen molar-refractivity contribution < 1.29 is 4.74 Å². The Morgan fingerprint density at radius 3 is 2.50 bits per heavy atom. The van der Waals surface area contributed by atoms with E-state index in [-0.39, 0.29) is 5.54 Å². The molecule has 0 aromatic heterocycles. The number of ether oxygens (including phenoxy) is 1. The van der Waals surface area contributed by atoms with Gasteiger partial charge in [0.15, 0.2) is 0 Å². The van der Waals surface area contributed by atoms with Gasteiger partial charge >= 0.3 is 0 Å². The molecule has 12 heavy (non-hydrogen) atoms. The Morgan fingerprint density at radius 2 is 2.00 bits per heavy atom. The average molecular weight is 174 g/mol. The zero-order valence-corrected chi connectivity index (χ0v) is 8.52. The SMILES string of the molecule is COCCNCCCC(C)(C)N. The van der Waals surface area contributed by atoms with Crippen molar-refractivity contribution in [2.75, 3.05) is 26.8 Å². The summed E-state index contributed by atoms with van der Waals surface area (Å²) in [6.45, 7) is 6.86. The molecular formula is C9H22N2O. The summed E-state index contributed by atoms with van der Waals surface area (Å²) in [7, 11) is 1.71. The molecule has 0 rings (SSSR count). The Bertz CT molecular complexity index is 99.2. The van der Waals surface area contributed by atoms with Crippen LogP contribution in [-0.2, 0) is 4.74 Å². The van der Waals surface area contributed by atoms with Gasteiger partial charge in [0, 0.05) is 19.2 Å². The Balaban J connectivity index is 3.01. The molecule has 0 fully saturated rings. The van der Waals surface area contributed by atoms with Crippen molar-refractivity contribution in [3.8, 4) is 0 Å². The molecule has 0 spiro atoms. The van der Waals surface area contributed by atoms with Crippen LogP contribution in [-0.4, -0.2) is 32.3 Å². The van der Waals surface area contributed by atoms with Crippen LogP contribution in [0, 0.1) is 0 Å². The molecule has 0 unspecified atom stereocenters. The molecule has 0 aliphatic rings. The van der Waals surface area contributed by atoms with Gasteiger partial charge in [-0.05, 0) is 33.2 Å². The molecule has 0 aliphatic heterocycles. The van der Waals surface area contributed by atoms with Crippen LogP contribution in [0.5, 0.6) is 0 Å². The van der Waals surface area contributed by atoms with Crippen LogP contribution in [0.1, 0.15) is 26.7 Å². The van der Waals surface area contributed by atoms with Gasteiger partial charge in [-0.25, -0.2) is 0 Å². The molecule has 0 saturated carbocycles. The minimum atomic E-state index is -0.0249. The Hall–Kier alpha value is -0.120. The Kier molecular flexibility index (Phi) is 6.34. The molecule has 0 amide bonds. The summed E-state index contributed by atoms with van der Waals surface area (Å²) in [4.78, 5) is 0. The maximum absolute atomic E-state index is 5.82. The Labute approximate surface area is 75.7 Å². The standard InChI is InChI=1S/C9H22N2O/c1-9(2,10)5-4-6-11-7-8-12-3/h11H,4-8,10H2,1-3H3. The first-order chi connectivity index (χ1) is 5.56. The van der Waals surface area contributed by atoms with Crippen LogP contribution in [0.3, 0.4) is 0 Å². The van der Waals surface area contributed by atoms with Crippen molar-refractivity contribution in [3.63, 3.8) is 0 Å². The second-order valence-electron chi connectivity index (χ2n) is 3.83. The van der Waals surface area contributed by atoms with Crippen LogP contribution in [0.4, 0.5) is 0 Å². The highest BCUT2D eigenvalue weighted by atomic mass is 16.5. The van der Waals surface area contributed by atoms with E-state index >= 15 is 0 Å². The van der Waals surface area contributed by atoms with Gasteiger partial charge in [-0.1, -0.05) is 0 Å². The van der Waals surface area contributed by atoms with E-state index < -0.39 is 0 Å². The highest BCUT2D eigenvalue weighted by Crippen LogP contribution is 2.05. The summed E-state index contributed by atoms with van der Waals surface area (Å²) >= 11 is 0. The molecule has 0 heterocycles. The fourth-order valence-electron chi connectivity index (χ4n) is 0.968. The zero-order chi connectivity index (χ0) is 9.45. The minimum absolute atomic E-state index is 0.0249. The summed E-state index contributed by atoms with van der Waals surface area (Å²) in [5.74, 6) is 0. The maximum atomic E-state index is 5.82. The van der Waals surface area contributed by atoms with E-state index in [1.165, 1.54) is 0 Å². The number of rotatable bonds is 7. The summed E-state index contributed by atoms with van der Waals surface area (Å²) in [6, 6.07) is 0. The minimum Gasteiger partial charge on any atom is -0.383 e. The second-order valence-corrected chi connectivity index (χ2v) is 3.83. The molecule has 0 atom stereocenters. The molecule has 0 saturated heterocycles. The van der Waals surface area contributed by atoms with Crippen molar-refractivity contribution in [2.45, 2.75) is 32.2 Å². The maximum Gasteiger partial charge on any atom is 0.0587 e. The molecule has 0 bridgehead atoms. The predicted octanol–water partition coefficient (Wildman–Crippen LogP) is 0.740. The first kappa shape index (κ1) is 11.9. The van der Waals surface area contributed by atoms with Gasteiger partial charge in [-0.15, -0.1) is 0 Å². The molecule has 0 aliphatic carbocycles. The lowest BCUT2D eigenvalue weighted by molar-refractivity contribution is 0.199. The zero-order valence-electron chi connectivity index (χ0n) is 8.52. The lowest BCUT2D eigenvalue weighted by Gasteiger charge is -2.17. The van der Waals surface area contributed by atoms with Gasteiger partial charge in [-0.3, -0.25) is 0 Å². The number of methoxy groups -OCH3 is 1. The predicted molar refractivity (Wildman–Crippen MR) is 52.2 cm³/mol. The third-order valence-corrected chi connectivity index (χ3v) is 1.66. The lowest BCUT2D eigenvalue weighted by atomic mass is 10.0. The third-order valence-electron chi connectivity index (χ3n) is 1.66. The van der Waals surface area contributed by atoms with Crippen molar-refractivity contribution in [1.82, 2.24) is 5.32 Å². The van der Waals surface area contributed by atoms with Crippen LogP contribution in [0.25, 0.3) is 0 Å². The normalized spacial score (nSPS) is 12.0. The third kappa shape index (κ3) is 9.88. The Morgan fingerprint density at radius 1 is 1.33 bits per heavy atom. The van der Waals surface area contributed by atoms with Crippen LogP contribution in [0.2, 0.25) is 0 Å². The topological polar surface area (TPSA) is 47.3 Å². The number of hydrogen-bond acceptors (Lipinski definition) is 3. The summed E-state index contributed by atoms with van der Waals surface area (Å²) in [5.41, 5.74) is 5.80. The van der Waals surface area contributed by atoms with Gasteiger partial charge in [0.1, 0.15) is 0 Å². The van der Waals surface area contributed by atoms with Crippen LogP contribution in [0.15, 0.2) is 0 Å². The van der Waals surface area contributed by atoms with Gasteiger partial charge < -0.3 is 15.8 Å². The molecule has 0 aromatic carbocycles. The van der Waals surface area contributed by atoms with E-state index in [2.05, 4.69) is 19.2 Å². The fourth-order valence-corrected chi connectivity index (χ4v) is 0.968. The first-order valence-corrected chi connectivity index (χ1v) is 4.55. The summed E-state index contributed by atoms with van der Waals surface area (Å²) in [5, 5.41) is 3.28. The lowest BCUT2D eigenvalue weighted by Crippen LogP contribution is -2.33. The number of hydrogen-bond donors (Lipinski definition) is 2. The van der Waals surface area contributed by atoms with E-state index in [1.54, 1.807) is 7.11 Å². The monoisotopic (exact) mass is 174 g/mol. The van der Waals surface area contributed by atoms with Crippen molar-refractivity contribution in [1.29, 1.82) is 0 Å². The number of nitrogens with two attached hydrogens (primary N) is 1. The molecule has 3 nitrogen and oxygen atoms in total. The molecule has 0 radical (unpaired) electrons. The summed E-state index contributed by atoms with van der Waals surface area (Å²) in [6.07, 6.45) is 2.19. The first-order valence-electron chi connectivity index (χ1n) is 4.55. The largest absolute Gasteiger partial charge is 0.383 e. The second kappa shape index (κ2) is 6.40. The van der Waals surface area contributed by atoms with Crippen molar-refractivity contribution >= 4 is 0 Å². The van der Waals surface area contributed by atoms with Crippen LogP contribution < -0.4 is 11.1 Å². The van der Waals surface area contributed by atoms with Crippen molar-refractivity contribution in [3.05, 3.63) is 0 Å². The molecule has 3 N–H and O–H groups in total. The van der Waals surface area contributed by atoms with Gasteiger partial charge in [0.25, 0.3) is 0 Å². The smallest absolute Gasteiger partial charge is 0.0587 e. The molecular weight excluding hydrogens is 152 g/mol.